The number of nitrogens with zero attached hydrogens (tertiary/aromatic N) is 2. The minimum Gasteiger partial charge on any atom is -0.478 e. The van der Waals surface area contributed by atoms with Gasteiger partial charge in [0.2, 0.25) is 0 Å². The predicted octanol–water partition coefficient (Wildman–Crippen LogP) is 0.216. The largest absolute Gasteiger partial charge is 0.478 e. The van der Waals surface area contributed by atoms with Gasteiger partial charge >= 0.3 is 5.97 Å². The maximum absolute atomic E-state index is 10.4. The van der Waals surface area contributed by atoms with Crippen LogP contribution in [0.2, 0.25) is 0 Å². The quantitative estimate of drug-likeness (QED) is 0.635. The average molecular weight is 153 g/mol. The Morgan fingerprint density at radius 3 is 3.00 bits per heavy atom. The van der Waals surface area contributed by atoms with Gasteiger partial charge in [0, 0.05) is 7.05 Å². The number of anilines is 1. The Morgan fingerprint density at radius 2 is 2.45 bits per heavy atom. The van der Waals surface area contributed by atoms with E-state index in [2.05, 4.69) is 15.5 Å². The van der Waals surface area contributed by atoms with Crippen molar-refractivity contribution in [3.05, 3.63) is 17.8 Å². The van der Waals surface area contributed by atoms with Gasteiger partial charge in [-0.2, -0.15) is 5.10 Å². The highest BCUT2D eigenvalue weighted by atomic mass is 16.4. The fourth-order valence-corrected chi connectivity index (χ4v) is 0.606. The number of carboxylic acids is 1. The molecule has 0 fully saturated rings. The standard InChI is InChI=1S/C6H7N3O2/c1-7-5-2-4(6(10)11)3-8-9-5/h2-3H,1H3,(H,7,9)(H,10,11). The van der Waals surface area contributed by atoms with E-state index in [0.717, 1.165) is 0 Å². The molecular weight excluding hydrogens is 146 g/mol. The average Bonchev–Trinajstić information content (AvgIpc) is 2.05. The van der Waals surface area contributed by atoms with E-state index in [-0.39, 0.29) is 5.56 Å². The third-order valence-corrected chi connectivity index (χ3v) is 1.16. The minimum atomic E-state index is -1.00. The highest BCUT2D eigenvalue weighted by Crippen LogP contribution is 2.02. The number of aromatic nitrogens is 2. The highest BCUT2D eigenvalue weighted by molar-refractivity contribution is 5.87. The first kappa shape index (κ1) is 7.46. The molecule has 0 atom stereocenters. The molecule has 0 saturated carbocycles. The van der Waals surface area contributed by atoms with Gasteiger partial charge < -0.3 is 10.4 Å². The summed E-state index contributed by atoms with van der Waals surface area (Å²) in [5.74, 6) is -0.554. The molecule has 1 heterocycles. The third-order valence-electron chi connectivity index (χ3n) is 1.16. The van der Waals surface area contributed by atoms with Gasteiger partial charge in [-0.05, 0) is 6.07 Å². The number of nitrogens with one attached hydrogen (secondary N) is 1. The zero-order valence-electron chi connectivity index (χ0n) is 5.90. The van der Waals surface area contributed by atoms with Crippen molar-refractivity contribution in [1.29, 1.82) is 0 Å². The molecule has 1 rings (SSSR count). The van der Waals surface area contributed by atoms with Crippen LogP contribution in [0.5, 0.6) is 0 Å². The Bertz CT molecular complexity index is 274. The Kier molecular flexibility index (Phi) is 2.00. The summed E-state index contributed by atoms with van der Waals surface area (Å²) < 4.78 is 0. The van der Waals surface area contributed by atoms with Crippen LogP contribution in [-0.2, 0) is 0 Å². The molecule has 0 aliphatic rings. The molecule has 0 aromatic carbocycles. The molecular formula is C6H7N3O2. The number of aromatic carboxylic acids is 1. The first-order valence-corrected chi connectivity index (χ1v) is 2.98. The van der Waals surface area contributed by atoms with Crippen LogP contribution in [0, 0.1) is 0 Å². The van der Waals surface area contributed by atoms with Crippen molar-refractivity contribution in [2.45, 2.75) is 0 Å². The Labute approximate surface area is 63.1 Å². The molecule has 0 radical (unpaired) electrons. The van der Waals surface area contributed by atoms with Gasteiger partial charge in [0.05, 0.1) is 11.8 Å². The lowest BCUT2D eigenvalue weighted by atomic mass is 10.3. The Hall–Kier alpha value is -1.65. The third kappa shape index (κ3) is 1.64. The van der Waals surface area contributed by atoms with Gasteiger partial charge in [0.25, 0.3) is 0 Å². The summed E-state index contributed by atoms with van der Waals surface area (Å²) in [6, 6.07) is 1.41. The molecule has 0 amide bonds. The second-order valence-corrected chi connectivity index (χ2v) is 1.88. The molecule has 0 saturated heterocycles. The van der Waals surface area contributed by atoms with E-state index >= 15 is 0 Å². The molecule has 5 nitrogen and oxygen atoms in total. The van der Waals surface area contributed by atoms with Crippen molar-refractivity contribution in [1.82, 2.24) is 10.2 Å². The van der Waals surface area contributed by atoms with Gasteiger partial charge in [-0.1, -0.05) is 0 Å². The number of carbonyl (C=O) groups is 1. The minimum absolute atomic E-state index is 0.129. The molecule has 1 aromatic rings. The van der Waals surface area contributed by atoms with E-state index in [1.807, 2.05) is 0 Å². The molecule has 5 heteroatoms. The molecule has 0 aliphatic heterocycles. The number of hydrogen-bond acceptors (Lipinski definition) is 4. The van der Waals surface area contributed by atoms with Crippen LogP contribution in [0.4, 0.5) is 5.82 Å². The van der Waals surface area contributed by atoms with E-state index in [9.17, 15) is 4.79 Å². The van der Waals surface area contributed by atoms with Crippen LogP contribution in [0.15, 0.2) is 12.3 Å². The van der Waals surface area contributed by atoms with Crippen LogP contribution < -0.4 is 5.32 Å². The maximum Gasteiger partial charge on any atom is 0.337 e. The SMILES string of the molecule is CNc1cc(C(=O)O)cnn1. The first-order chi connectivity index (χ1) is 5.24. The smallest absolute Gasteiger partial charge is 0.337 e. The Morgan fingerprint density at radius 1 is 1.73 bits per heavy atom. The monoisotopic (exact) mass is 153 g/mol. The maximum atomic E-state index is 10.4. The highest BCUT2D eigenvalue weighted by Gasteiger charge is 2.03. The normalized spacial score (nSPS) is 9.18. The fourth-order valence-electron chi connectivity index (χ4n) is 0.606. The summed E-state index contributed by atoms with van der Waals surface area (Å²) in [5.41, 5.74) is 0.129. The van der Waals surface area contributed by atoms with Crippen molar-refractivity contribution in [3.8, 4) is 0 Å². The lowest BCUT2D eigenvalue weighted by Gasteiger charge is -1.96. The van der Waals surface area contributed by atoms with Crippen LogP contribution >= 0.6 is 0 Å². The molecule has 0 spiro atoms. The summed E-state index contributed by atoms with van der Waals surface area (Å²) in [4.78, 5) is 10.4. The summed E-state index contributed by atoms with van der Waals surface area (Å²) in [7, 11) is 1.65. The van der Waals surface area contributed by atoms with E-state index in [1.54, 1.807) is 7.05 Å². The lowest BCUT2D eigenvalue weighted by Crippen LogP contribution is -2.01. The Balaban J connectivity index is 3.01. The number of hydrogen-bond donors (Lipinski definition) is 2. The topological polar surface area (TPSA) is 75.1 Å². The van der Waals surface area contributed by atoms with Crippen molar-refractivity contribution in [2.75, 3.05) is 12.4 Å². The van der Waals surface area contributed by atoms with Crippen molar-refractivity contribution in [2.24, 2.45) is 0 Å². The molecule has 2 N–H and O–H groups in total. The summed E-state index contributed by atoms with van der Waals surface area (Å²) in [6.07, 6.45) is 1.20. The van der Waals surface area contributed by atoms with Crippen LogP contribution in [0.25, 0.3) is 0 Å². The van der Waals surface area contributed by atoms with E-state index in [1.165, 1.54) is 12.3 Å². The van der Waals surface area contributed by atoms with Crippen LogP contribution in [-0.4, -0.2) is 28.3 Å². The molecule has 1 aromatic heterocycles. The molecule has 58 valence electrons. The van der Waals surface area contributed by atoms with E-state index in [0.29, 0.717) is 5.82 Å². The fraction of sp³-hybridized carbons (Fsp3) is 0.167. The van der Waals surface area contributed by atoms with Gasteiger partial charge in [-0.25, -0.2) is 4.79 Å². The molecule has 11 heavy (non-hydrogen) atoms. The zero-order chi connectivity index (χ0) is 8.27. The molecule has 0 aliphatic carbocycles. The number of rotatable bonds is 2. The van der Waals surface area contributed by atoms with Crippen molar-refractivity contribution in [3.63, 3.8) is 0 Å². The van der Waals surface area contributed by atoms with E-state index < -0.39 is 5.97 Å². The lowest BCUT2D eigenvalue weighted by molar-refractivity contribution is 0.0696. The summed E-state index contributed by atoms with van der Waals surface area (Å²) in [5, 5.41) is 18.3. The molecule has 0 bridgehead atoms. The molecule has 0 unspecified atom stereocenters. The van der Waals surface area contributed by atoms with Gasteiger partial charge in [0.1, 0.15) is 5.82 Å². The number of carboxylic acid groups (broad SMARTS) is 1. The van der Waals surface area contributed by atoms with Crippen LogP contribution in [0.3, 0.4) is 0 Å². The van der Waals surface area contributed by atoms with Gasteiger partial charge in [0.15, 0.2) is 0 Å². The van der Waals surface area contributed by atoms with E-state index in [4.69, 9.17) is 5.11 Å². The summed E-state index contributed by atoms with van der Waals surface area (Å²) >= 11 is 0. The van der Waals surface area contributed by atoms with Gasteiger partial charge in [-0.3, -0.25) is 0 Å². The van der Waals surface area contributed by atoms with Crippen LogP contribution in [0.1, 0.15) is 10.4 Å². The van der Waals surface area contributed by atoms with Crippen molar-refractivity contribution < 1.29 is 9.90 Å². The zero-order valence-corrected chi connectivity index (χ0v) is 5.90. The van der Waals surface area contributed by atoms with Gasteiger partial charge in [-0.15, -0.1) is 5.10 Å². The second-order valence-electron chi connectivity index (χ2n) is 1.88. The van der Waals surface area contributed by atoms with Crippen molar-refractivity contribution >= 4 is 11.8 Å². The first-order valence-electron chi connectivity index (χ1n) is 2.98. The second kappa shape index (κ2) is 2.96. The summed E-state index contributed by atoms with van der Waals surface area (Å²) in [6.45, 7) is 0. The predicted molar refractivity (Wildman–Crippen MR) is 38.5 cm³/mol.